The molecule has 1 heterocycles. The fourth-order valence-corrected chi connectivity index (χ4v) is 7.13. The summed E-state index contributed by atoms with van der Waals surface area (Å²) in [5.74, 6) is 0. The first-order chi connectivity index (χ1) is 14.2. The van der Waals surface area contributed by atoms with Gasteiger partial charge in [-0.05, 0) is 38.1 Å². The van der Waals surface area contributed by atoms with Crippen LogP contribution in [0.4, 0.5) is 5.00 Å². The fourth-order valence-electron chi connectivity index (χ4n) is 2.72. The number of thiazole rings is 1. The Balaban J connectivity index is 2.15. The van der Waals surface area contributed by atoms with Gasteiger partial charge in [0.15, 0.2) is 5.03 Å². The monoisotopic (exact) mass is 466 g/mol. The summed E-state index contributed by atoms with van der Waals surface area (Å²) in [6.45, 7) is 3.96. The number of ether oxygens (including phenoxy) is 1. The van der Waals surface area contributed by atoms with Crippen molar-refractivity contribution in [2.75, 3.05) is 19.0 Å². The third-order valence-corrected chi connectivity index (χ3v) is 9.20. The highest BCUT2D eigenvalue weighted by Gasteiger charge is 2.31. The molecule has 3 aromatic rings. The highest BCUT2D eigenvalue weighted by atomic mass is 32.2. The van der Waals surface area contributed by atoms with E-state index >= 15 is 0 Å². The number of sulfone groups is 2. The van der Waals surface area contributed by atoms with E-state index < -0.39 is 19.7 Å². The smallest absolute Gasteiger partial charge is 0.233 e. The van der Waals surface area contributed by atoms with E-state index in [4.69, 9.17) is 4.74 Å². The van der Waals surface area contributed by atoms with Gasteiger partial charge in [0.05, 0.1) is 16.4 Å². The molecule has 0 aliphatic carbocycles. The zero-order chi connectivity index (χ0) is 21.9. The molecule has 0 bridgehead atoms. The molecular formula is C20H22N2O5S3. The molecule has 0 saturated carbocycles. The van der Waals surface area contributed by atoms with Crippen molar-refractivity contribution in [3.8, 4) is 0 Å². The molecule has 1 aromatic heterocycles. The Morgan fingerprint density at radius 1 is 0.967 bits per heavy atom. The van der Waals surface area contributed by atoms with E-state index in [9.17, 15) is 16.8 Å². The molecule has 0 aliphatic rings. The molecule has 0 radical (unpaired) electrons. The van der Waals surface area contributed by atoms with E-state index in [1.807, 2.05) is 6.92 Å². The standard InChI is InChI=1S/C20H22N2O5S3/c1-14-9-11-17(12-10-14)29(23,24)19-18(21-15(2)13-27-3)28-20(22-19)30(25,26)16-7-5-4-6-8-16/h4-12,15,21H,13H2,1-3H3/t15-/m0/s1. The molecule has 1 atom stereocenters. The van der Waals surface area contributed by atoms with Crippen LogP contribution < -0.4 is 5.32 Å². The van der Waals surface area contributed by atoms with Gasteiger partial charge in [0.1, 0.15) is 5.00 Å². The minimum Gasteiger partial charge on any atom is -0.383 e. The number of rotatable bonds is 8. The van der Waals surface area contributed by atoms with Gasteiger partial charge in [0, 0.05) is 13.2 Å². The number of nitrogens with one attached hydrogen (secondary N) is 1. The van der Waals surface area contributed by atoms with E-state index in [-0.39, 0.29) is 30.2 Å². The molecule has 10 heteroatoms. The molecule has 7 nitrogen and oxygen atoms in total. The second-order valence-electron chi connectivity index (χ2n) is 6.75. The van der Waals surface area contributed by atoms with Gasteiger partial charge in [-0.1, -0.05) is 47.2 Å². The number of aryl methyl sites for hydroxylation is 1. The fraction of sp³-hybridized carbons (Fsp3) is 0.250. The molecule has 0 saturated heterocycles. The molecule has 0 unspecified atom stereocenters. The third kappa shape index (κ3) is 4.56. The van der Waals surface area contributed by atoms with Crippen LogP contribution in [0.25, 0.3) is 0 Å². The van der Waals surface area contributed by atoms with Crippen LogP contribution in [0.15, 0.2) is 73.8 Å². The quantitative estimate of drug-likeness (QED) is 0.541. The molecule has 0 spiro atoms. The van der Waals surface area contributed by atoms with Crippen molar-refractivity contribution in [2.45, 2.75) is 39.0 Å². The molecule has 0 aliphatic heterocycles. The van der Waals surface area contributed by atoms with Gasteiger partial charge in [-0.25, -0.2) is 21.8 Å². The van der Waals surface area contributed by atoms with Gasteiger partial charge in [-0.2, -0.15) is 0 Å². The highest BCUT2D eigenvalue weighted by Crippen LogP contribution is 2.37. The summed E-state index contributed by atoms with van der Waals surface area (Å²) in [6, 6.07) is 13.9. The zero-order valence-corrected chi connectivity index (χ0v) is 19.1. The summed E-state index contributed by atoms with van der Waals surface area (Å²) in [6.07, 6.45) is 0. The van der Waals surface area contributed by atoms with Crippen molar-refractivity contribution < 1.29 is 21.6 Å². The number of aromatic nitrogens is 1. The summed E-state index contributed by atoms with van der Waals surface area (Å²) in [4.78, 5) is 4.18. The van der Waals surface area contributed by atoms with Crippen molar-refractivity contribution in [3.63, 3.8) is 0 Å². The minimum atomic E-state index is -4.04. The molecule has 1 N–H and O–H groups in total. The number of hydrogen-bond donors (Lipinski definition) is 1. The molecule has 2 aromatic carbocycles. The van der Waals surface area contributed by atoms with Gasteiger partial charge < -0.3 is 10.1 Å². The zero-order valence-electron chi connectivity index (χ0n) is 16.7. The van der Waals surface area contributed by atoms with Gasteiger partial charge >= 0.3 is 0 Å². The number of benzene rings is 2. The highest BCUT2D eigenvalue weighted by molar-refractivity contribution is 7.94. The Hall–Kier alpha value is -2.27. The SMILES string of the molecule is COC[C@H](C)Nc1sc(S(=O)(=O)c2ccccc2)nc1S(=O)(=O)c1ccc(C)cc1. The first-order valence-electron chi connectivity index (χ1n) is 9.04. The van der Waals surface area contributed by atoms with Crippen LogP contribution in [0.1, 0.15) is 12.5 Å². The second-order valence-corrected chi connectivity index (χ2v) is 11.7. The van der Waals surface area contributed by atoms with Gasteiger partial charge in [0.2, 0.25) is 24.0 Å². The number of nitrogens with zero attached hydrogens (tertiary/aromatic N) is 1. The molecular weight excluding hydrogens is 444 g/mol. The lowest BCUT2D eigenvalue weighted by Crippen LogP contribution is -2.21. The van der Waals surface area contributed by atoms with Gasteiger partial charge in [-0.15, -0.1) is 0 Å². The normalized spacial score (nSPS) is 13.2. The number of hydrogen-bond acceptors (Lipinski definition) is 8. The Kier molecular flexibility index (Phi) is 6.61. The largest absolute Gasteiger partial charge is 0.383 e. The predicted octanol–water partition coefficient (Wildman–Crippen LogP) is 3.56. The van der Waals surface area contributed by atoms with E-state index in [0.717, 1.165) is 16.9 Å². The Morgan fingerprint density at radius 2 is 1.57 bits per heavy atom. The van der Waals surface area contributed by atoms with Crippen molar-refractivity contribution in [2.24, 2.45) is 0 Å². The van der Waals surface area contributed by atoms with Crippen LogP contribution in [0.3, 0.4) is 0 Å². The average molecular weight is 467 g/mol. The van der Waals surface area contributed by atoms with E-state index in [1.165, 1.54) is 31.4 Å². The topological polar surface area (TPSA) is 102 Å². The Bertz CT molecular complexity index is 1220. The summed E-state index contributed by atoms with van der Waals surface area (Å²) < 4.78 is 57.4. The van der Waals surface area contributed by atoms with E-state index in [1.54, 1.807) is 37.3 Å². The summed E-state index contributed by atoms with van der Waals surface area (Å²) in [5, 5.41) is 2.88. The lowest BCUT2D eigenvalue weighted by molar-refractivity contribution is 0.190. The van der Waals surface area contributed by atoms with E-state index in [2.05, 4.69) is 10.3 Å². The Morgan fingerprint density at radius 3 is 2.17 bits per heavy atom. The first-order valence-corrected chi connectivity index (χ1v) is 12.8. The predicted molar refractivity (Wildman–Crippen MR) is 116 cm³/mol. The van der Waals surface area contributed by atoms with Gasteiger partial charge in [0.25, 0.3) is 0 Å². The van der Waals surface area contributed by atoms with Crippen molar-refractivity contribution in [3.05, 3.63) is 60.2 Å². The summed E-state index contributed by atoms with van der Waals surface area (Å²) in [7, 11) is -6.48. The molecule has 0 amide bonds. The van der Waals surface area contributed by atoms with Crippen LogP contribution >= 0.6 is 11.3 Å². The van der Waals surface area contributed by atoms with Crippen LogP contribution in [0, 0.1) is 6.92 Å². The summed E-state index contributed by atoms with van der Waals surface area (Å²) >= 11 is 0.795. The molecule has 0 fully saturated rings. The second kappa shape index (κ2) is 8.84. The third-order valence-electron chi connectivity index (χ3n) is 4.24. The molecule has 3 rings (SSSR count). The van der Waals surface area contributed by atoms with Gasteiger partial charge in [-0.3, -0.25) is 0 Å². The molecule has 30 heavy (non-hydrogen) atoms. The lowest BCUT2D eigenvalue weighted by Gasteiger charge is -2.13. The van der Waals surface area contributed by atoms with Crippen molar-refractivity contribution >= 4 is 36.0 Å². The Labute approximate surface area is 180 Å². The van der Waals surface area contributed by atoms with Crippen LogP contribution in [-0.2, 0) is 24.4 Å². The molecule has 160 valence electrons. The maximum absolute atomic E-state index is 13.3. The van der Waals surface area contributed by atoms with Crippen molar-refractivity contribution in [1.29, 1.82) is 0 Å². The first kappa shape index (κ1) is 22.4. The van der Waals surface area contributed by atoms with Crippen LogP contribution in [0.2, 0.25) is 0 Å². The lowest BCUT2D eigenvalue weighted by atomic mass is 10.2. The average Bonchev–Trinajstić information content (AvgIpc) is 3.14. The van der Waals surface area contributed by atoms with Crippen LogP contribution in [-0.4, -0.2) is 41.6 Å². The minimum absolute atomic E-state index is 0.0458. The number of methoxy groups -OCH3 is 1. The van der Waals surface area contributed by atoms with E-state index in [0.29, 0.717) is 6.61 Å². The maximum atomic E-state index is 13.3. The maximum Gasteiger partial charge on any atom is 0.233 e. The van der Waals surface area contributed by atoms with Crippen LogP contribution in [0.5, 0.6) is 0 Å². The summed E-state index contributed by atoms with van der Waals surface area (Å²) in [5.41, 5.74) is 0.909. The van der Waals surface area contributed by atoms with Crippen molar-refractivity contribution in [1.82, 2.24) is 4.98 Å². The number of anilines is 1.